The van der Waals surface area contributed by atoms with Gasteiger partial charge in [0, 0.05) is 19.3 Å². The largest absolute Gasteiger partial charge is 0.462 e. The Balaban J connectivity index is 4.38. The van der Waals surface area contributed by atoms with Crippen LogP contribution in [0.25, 0.3) is 0 Å². The van der Waals surface area contributed by atoms with E-state index in [0.29, 0.717) is 19.3 Å². The van der Waals surface area contributed by atoms with E-state index in [0.717, 1.165) is 89.9 Å². The van der Waals surface area contributed by atoms with Crippen LogP contribution in [-0.2, 0) is 28.6 Å². The summed E-state index contributed by atoms with van der Waals surface area (Å²) in [6, 6.07) is 0. The van der Waals surface area contributed by atoms with Crippen LogP contribution in [0.3, 0.4) is 0 Å². The fourth-order valence-electron chi connectivity index (χ4n) is 8.30. The summed E-state index contributed by atoms with van der Waals surface area (Å²) in [5.74, 6) is -0.954. The summed E-state index contributed by atoms with van der Waals surface area (Å²) in [4.78, 5) is 38.1. The Kier molecular flexibility index (Phi) is 54.8. The Morgan fingerprint density at radius 3 is 0.971 bits per heavy atom. The third kappa shape index (κ3) is 55.6. The minimum absolute atomic E-state index is 0.0940. The van der Waals surface area contributed by atoms with Crippen molar-refractivity contribution in [2.75, 3.05) is 13.2 Å². The molecule has 0 radical (unpaired) electrons. The van der Waals surface area contributed by atoms with Gasteiger partial charge in [0.25, 0.3) is 0 Å². The Bertz CT molecular complexity index is 1290. The molecule has 0 spiro atoms. The average Bonchev–Trinajstić information content (AvgIpc) is 3.35. The zero-order valence-electron chi connectivity index (χ0n) is 45.6. The van der Waals surface area contributed by atoms with Gasteiger partial charge in [-0.3, -0.25) is 14.4 Å². The van der Waals surface area contributed by atoms with Gasteiger partial charge in [-0.1, -0.05) is 261 Å². The van der Waals surface area contributed by atoms with Crippen molar-refractivity contribution in [3.05, 3.63) is 72.9 Å². The summed E-state index contributed by atoms with van der Waals surface area (Å²) in [5, 5.41) is 0. The number of esters is 3. The molecule has 0 saturated heterocycles. The third-order valence-corrected chi connectivity index (χ3v) is 12.7. The predicted molar refractivity (Wildman–Crippen MR) is 298 cm³/mol. The SMILES string of the molecule is CC/C=C\C/C=C\C/C=C\C/C=C\C/C=C\CCCC(=O)OC[C@H](COC(=O)CCCCCCCCCCCCCCCCCCCCCCC)OC(=O)CCCCCCC/C=C\CCCCCC. The van der Waals surface area contributed by atoms with Gasteiger partial charge in [0.05, 0.1) is 0 Å². The lowest BCUT2D eigenvalue weighted by Gasteiger charge is -2.18. The molecule has 0 heterocycles. The van der Waals surface area contributed by atoms with Gasteiger partial charge in [-0.25, -0.2) is 0 Å². The summed E-state index contributed by atoms with van der Waals surface area (Å²) in [7, 11) is 0. The van der Waals surface area contributed by atoms with Crippen LogP contribution in [0.4, 0.5) is 0 Å². The van der Waals surface area contributed by atoms with Gasteiger partial charge >= 0.3 is 17.9 Å². The maximum Gasteiger partial charge on any atom is 0.306 e. The van der Waals surface area contributed by atoms with E-state index >= 15 is 0 Å². The van der Waals surface area contributed by atoms with Crippen LogP contribution < -0.4 is 0 Å². The molecule has 0 aliphatic heterocycles. The van der Waals surface area contributed by atoms with E-state index in [1.54, 1.807) is 0 Å². The molecule has 0 aliphatic carbocycles. The molecule has 69 heavy (non-hydrogen) atoms. The molecule has 0 aromatic carbocycles. The van der Waals surface area contributed by atoms with Crippen LogP contribution in [0.2, 0.25) is 0 Å². The van der Waals surface area contributed by atoms with Crippen molar-refractivity contribution in [3.63, 3.8) is 0 Å². The van der Waals surface area contributed by atoms with Gasteiger partial charge in [0.2, 0.25) is 0 Å². The standard InChI is InChI=1S/C63H110O6/c1-4-7-10-13-16-19-22-25-27-29-30-31-32-34-36-39-41-44-47-50-53-56-62(65)68-59-60(69-63(66)57-54-51-48-45-42-37-24-21-18-15-12-9-6-3)58-67-61(64)55-52-49-46-43-40-38-35-33-28-26-23-20-17-14-11-8-5-2/h8,11,17,20-21,24,26,28,35,38,43,46,60H,4-7,9-10,12-16,18-19,22-23,25,27,29-34,36-37,39-42,44-45,47-59H2,1-3H3/b11-8-,20-17-,24-21-,28-26-,38-35-,46-43-/t60-/m1/s1. The van der Waals surface area contributed by atoms with E-state index in [1.165, 1.54) is 154 Å². The molecule has 0 amide bonds. The number of carbonyl (C=O) groups is 3. The number of unbranched alkanes of at least 4 members (excludes halogenated alkanes) is 30. The quantitative estimate of drug-likeness (QED) is 0.0262. The predicted octanol–water partition coefficient (Wildman–Crippen LogP) is 19.8. The lowest BCUT2D eigenvalue weighted by molar-refractivity contribution is -0.167. The van der Waals surface area contributed by atoms with Crippen molar-refractivity contribution in [1.29, 1.82) is 0 Å². The second-order valence-corrected chi connectivity index (χ2v) is 19.5. The Morgan fingerprint density at radius 2 is 0.580 bits per heavy atom. The van der Waals surface area contributed by atoms with Crippen LogP contribution in [-0.4, -0.2) is 37.2 Å². The first-order chi connectivity index (χ1) is 34.0. The highest BCUT2D eigenvalue weighted by atomic mass is 16.6. The van der Waals surface area contributed by atoms with E-state index < -0.39 is 6.10 Å². The molecule has 1 atom stereocenters. The number of hydrogen-bond acceptors (Lipinski definition) is 6. The Labute approximate surface area is 427 Å². The first-order valence-electron chi connectivity index (χ1n) is 29.4. The normalized spacial score (nSPS) is 12.6. The highest BCUT2D eigenvalue weighted by Gasteiger charge is 2.19. The van der Waals surface area contributed by atoms with E-state index in [4.69, 9.17) is 14.2 Å². The molecule has 398 valence electrons. The average molecular weight is 964 g/mol. The Hall–Kier alpha value is -3.15. The molecule has 0 aromatic rings. The summed E-state index contributed by atoms with van der Waals surface area (Å²) in [6.45, 7) is 6.48. The van der Waals surface area contributed by atoms with Gasteiger partial charge in [0.1, 0.15) is 13.2 Å². The van der Waals surface area contributed by atoms with Gasteiger partial charge in [-0.15, -0.1) is 0 Å². The van der Waals surface area contributed by atoms with Gasteiger partial charge in [-0.05, 0) is 83.5 Å². The number of allylic oxidation sites excluding steroid dienone is 12. The van der Waals surface area contributed by atoms with Gasteiger partial charge in [0.15, 0.2) is 6.10 Å². The molecule has 0 bridgehead atoms. The fourth-order valence-corrected chi connectivity index (χ4v) is 8.30. The maximum atomic E-state index is 12.8. The number of carbonyl (C=O) groups excluding carboxylic acids is 3. The van der Waals surface area contributed by atoms with Crippen LogP contribution >= 0.6 is 0 Å². The molecule has 0 N–H and O–H groups in total. The molecule has 0 saturated carbocycles. The second-order valence-electron chi connectivity index (χ2n) is 19.5. The maximum absolute atomic E-state index is 12.8. The molecule has 0 rings (SSSR count). The minimum atomic E-state index is -0.801. The first-order valence-corrected chi connectivity index (χ1v) is 29.4. The number of rotatable bonds is 53. The first kappa shape index (κ1) is 65.8. The van der Waals surface area contributed by atoms with Crippen molar-refractivity contribution in [2.45, 2.75) is 297 Å². The zero-order chi connectivity index (χ0) is 50.0. The van der Waals surface area contributed by atoms with Crippen molar-refractivity contribution in [1.82, 2.24) is 0 Å². The van der Waals surface area contributed by atoms with Crippen molar-refractivity contribution in [3.8, 4) is 0 Å². The summed E-state index contributed by atoms with van der Waals surface area (Å²) in [5.41, 5.74) is 0. The lowest BCUT2D eigenvalue weighted by atomic mass is 10.0. The minimum Gasteiger partial charge on any atom is -0.462 e. The monoisotopic (exact) mass is 963 g/mol. The summed E-state index contributed by atoms with van der Waals surface area (Å²) in [6.07, 6.45) is 73.4. The van der Waals surface area contributed by atoms with Crippen LogP contribution in [0.5, 0.6) is 0 Å². The van der Waals surface area contributed by atoms with Crippen LogP contribution in [0, 0.1) is 0 Å². The molecule has 6 heteroatoms. The van der Waals surface area contributed by atoms with Crippen molar-refractivity contribution >= 4 is 17.9 Å². The topological polar surface area (TPSA) is 78.9 Å². The molecular formula is C63H110O6. The fraction of sp³-hybridized carbons (Fsp3) is 0.762. The third-order valence-electron chi connectivity index (χ3n) is 12.7. The number of ether oxygens (including phenoxy) is 3. The summed E-state index contributed by atoms with van der Waals surface area (Å²) < 4.78 is 16.8. The van der Waals surface area contributed by atoms with Crippen LogP contribution in [0.1, 0.15) is 290 Å². The van der Waals surface area contributed by atoms with Crippen molar-refractivity contribution < 1.29 is 28.6 Å². The van der Waals surface area contributed by atoms with E-state index in [-0.39, 0.29) is 37.5 Å². The van der Waals surface area contributed by atoms with Gasteiger partial charge < -0.3 is 14.2 Å². The van der Waals surface area contributed by atoms with E-state index in [1.807, 2.05) is 0 Å². The summed E-state index contributed by atoms with van der Waals surface area (Å²) >= 11 is 0. The molecular weight excluding hydrogens is 853 g/mol. The van der Waals surface area contributed by atoms with E-state index in [9.17, 15) is 14.4 Å². The van der Waals surface area contributed by atoms with Crippen LogP contribution in [0.15, 0.2) is 72.9 Å². The highest BCUT2D eigenvalue weighted by Crippen LogP contribution is 2.16. The zero-order valence-corrected chi connectivity index (χ0v) is 45.6. The van der Waals surface area contributed by atoms with Crippen molar-refractivity contribution in [2.24, 2.45) is 0 Å². The van der Waals surface area contributed by atoms with Gasteiger partial charge in [-0.2, -0.15) is 0 Å². The lowest BCUT2D eigenvalue weighted by Crippen LogP contribution is -2.30. The smallest absolute Gasteiger partial charge is 0.306 e. The van der Waals surface area contributed by atoms with E-state index in [2.05, 4.69) is 93.7 Å². The molecule has 6 nitrogen and oxygen atoms in total. The number of hydrogen-bond donors (Lipinski definition) is 0. The Morgan fingerprint density at radius 1 is 0.304 bits per heavy atom. The molecule has 0 aromatic heterocycles. The molecule has 0 unspecified atom stereocenters. The molecule has 0 aliphatic rings. The highest BCUT2D eigenvalue weighted by molar-refractivity contribution is 5.71. The molecule has 0 fully saturated rings. The second kappa shape index (κ2) is 57.4.